The summed E-state index contributed by atoms with van der Waals surface area (Å²) in [6, 6.07) is 0. The Morgan fingerprint density at radius 2 is 2.00 bits per heavy atom. The van der Waals surface area contributed by atoms with Crippen LogP contribution in [-0.2, 0) is 0 Å². The zero-order valence-corrected chi connectivity index (χ0v) is 11.7. The molecule has 3 nitrogen and oxygen atoms in total. The fraction of sp³-hybridized carbons (Fsp3) is 1.00. The predicted molar refractivity (Wildman–Crippen MR) is 68.9 cm³/mol. The van der Waals surface area contributed by atoms with Gasteiger partial charge < -0.3 is 15.3 Å². The first-order chi connectivity index (χ1) is 8.79. The molecule has 0 aromatic heterocycles. The van der Waals surface area contributed by atoms with Crippen LogP contribution in [0.25, 0.3) is 0 Å². The number of nitrogens with one attached hydrogen (secondary N) is 1. The van der Waals surface area contributed by atoms with Gasteiger partial charge in [-0.2, -0.15) is 13.2 Å². The van der Waals surface area contributed by atoms with Crippen molar-refractivity contribution in [2.45, 2.75) is 39.0 Å². The lowest BCUT2D eigenvalue weighted by Crippen LogP contribution is -2.46. The number of β-amino-alcohol motifs (C(OH)–C–C–N with tert-alkyl or cyclic N) is 1. The smallest absolute Gasteiger partial charge is 0.390 e. The molecule has 6 heteroatoms. The number of rotatable bonds is 6. The van der Waals surface area contributed by atoms with E-state index < -0.39 is 18.2 Å². The summed E-state index contributed by atoms with van der Waals surface area (Å²) in [6.07, 6.45) is -3.96. The number of aliphatic hydroxyl groups excluding tert-OH is 1. The van der Waals surface area contributed by atoms with Crippen LogP contribution in [0.4, 0.5) is 13.2 Å². The summed E-state index contributed by atoms with van der Waals surface area (Å²) in [4.78, 5) is 1.73. The van der Waals surface area contributed by atoms with Gasteiger partial charge in [-0.15, -0.1) is 0 Å². The Balaban J connectivity index is 2.28. The Labute approximate surface area is 113 Å². The van der Waals surface area contributed by atoms with Crippen LogP contribution >= 0.6 is 0 Å². The highest BCUT2D eigenvalue weighted by Crippen LogP contribution is 2.32. The first-order valence-electron chi connectivity index (χ1n) is 6.97. The minimum atomic E-state index is -4.11. The van der Waals surface area contributed by atoms with Gasteiger partial charge in [0.1, 0.15) is 0 Å². The largest absolute Gasteiger partial charge is 0.393 e. The maximum Gasteiger partial charge on any atom is 0.393 e. The summed E-state index contributed by atoms with van der Waals surface area (Å²) in [5.41, 5.74) is 0. The van der Waals surface area contributed by atoms with Crippen LogP contribution in [0.3, 0.4) is 0 Å². The number of hydrogen-bond acceptors (Lipinski definition) is 3. The standard InChI is InChI=1S/C13H25F3N2O/c1-10(2)6-17-7-12(19)9-18-5-3-4-11(8-18)13(14,15)16/h10-12,17,19H,3-9H2,1-2H3. The van der Waals surface area contributed by atoms with Crippen molar-refractivity contribution < 1.29 is 18.3 Å². The summed E-state index contributed by atoms with van der Waals surface area (Å²) in [5.74, 6) is -0.742. The summed E-state index contributed by atoms with van der Waals surface area (Å²) in [5, 5.41) is 12.9. The number of hydrogen-bond donors (Lipinski definition) is 2. The number of aliphatic hydroxyl groups is 1. The van der Waals surface area contributed by atoms with Gasteiger partial charge in [-0.05, 0) is 31.8 Å². The van der Waals surface area contributed by atoms with E-state index in [1.807, 2.05) is 0 Å². The van der Waals surface area contributed by atoms with Gasteiger partial charge in [0.2, 0.25) is 0 Å². The van der Waals surface area contributed by atoms with Gasteiger partial charge in [0.05, 0.1) is 12.0 Å². The highest BCUT2D eigenvalue weighted by atomic mass is 19.4. The lowest BCUT2D eigenvalue weighted by molar-refractivity contribution is -0.187. The molecular formula is C13H25F3N2O. The second-order valence-corrected chi connectivity index (χ2v) is 5.85. The van der Waals surface area contributed by atoms with Crippen molar-refractivity contribution in [1.29, 1.82) is 0 Å². The summed E-state index contributed by atoms with van der Waals surface area (Å²) < 4.78 is 37.9. The van der Waals surface area contributed by atoms with E-state index in [1.165, 1.54) is 0 Å². The summed E-state index contributed by atoms with van der Waals surface area (Å²) in [7, 11) is 0. The highest BCUT2D eigenvalue weighted by molar-refractivity contribution is 4.79. The van der Waals surface area contributed by atoms with E-state index in [0.717, 1.165) is 6.54 Å². The van der Waals surface area contributed by atoms with Crippen LogP contribution in [0.5, 0.6) is 0 Å². The van der Waals surface area contributed by atoms with Gasteiger partial charge in [0.25, 0.3) is 0 Å². The molecule has 0 amide bonds. The van der Waals surface area contributed by atoms with E-state index in [1.54, 1.807) is 4.90 Å². The molecule has 0 aromatic rings. The van der Waals surface area contributed by atoms with Crippen LogP contribution in [0.1, 0.15) is 26.7 Å². The molecule has 1 heterocycles. The third kappa shape index (κ3) is 6.58. The zero-order valence-electron chi connectivity index (χ0n) is 11.7. The van der Waals surface area contributed by atoms with E-state index in [-0.39, 0.29) is 13.0 Å². The SMILES string of the molecule is CC(C)CNCC(O)CN1CCCC(C(F)(F)F)C1. The van der Waals surface area contributed by atoms with Crippen molar-refractivity contribution in [1.82, 2.24) is 10.2 Å². The molecule has 1 rings (SSSR count). The van der Waals surface area contributed by atoms with Crippen LogP contribution < -0.4 is 5.32 Å². The Hall–Kier alpha value is -0.330. The highest BCUT2D eigenvalue weighted by Gasteiger charge is 2.41. The number of halogens is 3. The van der Waals surface area contributed by atoms with Gasteiger partial charge >= 0.3 is 6.18 Å². The van der Waals surface area contributed by atoms with Gasteiger partial charge in [-0.3, -0.25) is 0 Å². The van der Waals surface area contributed by atoms with E-state index in [9.17, 15) is 18.3 Å². The maximum absolute atomic E-state index is 12.6. The first kappa shape index (κ1) is 16.7. The zero-order chi connectivity index (χ0) is 14.5. The van der Waals surface area contributed by atoms with Crippen molar-refractivity contribution >= 4 is 0 Å². The second kappa shape index (κ2) is 7.45. The van der Waals surface area contributed by atoms with Gasteiger partial charge in [-0.1, -0.05) is 13.8 Å². The Bertz CT molecular complexity index is 259. The Morgan fingerprint density at radius 1 is 1.32 bits per heavy atom. The monoisotopic (exact) mass is 282 g/mol. The molecule has 0 aromatic carbocycles. The van der Waals surface area contributed by atoms with E-state index in [0.29, 0.717) is 32.0 Å². The van der Waals surface area contributed by atoms with Crippen molar-refractivity contribution in [2.75, 3.05) is 32.7 Å². The van der Waals surface area contributed by atoms with Gasteiger partial charge in [0, 0.05) is 19.6 Å². The molecule has 1 aliphatic rings. The Kier molecular flexibility index (Phi) is 6.56. The van der Waals surface area contributed by atoms with Crippen molar-refractivity contribution in [3.63, 3.8) is 0 Å². The minimum absolute atomic E-state index is 0.0186. The topological polar surface area (TPSA) is 35.5 Å². The third-order valence-electron chi connectivity index (χ3n) is 3.37. The van der Waals surface area contributed by atoms with E-state index in [4.69, 9.17) is 0 Å². The molecule has 1 aliphatic heterocycles. The van der Waals surface area contributed by atoms with Crippen molar-refractivity contribution in [2.24, 2.45) is 11.8 Å². The summed E-state index contributed by atoms with van der Waals surface area (Å²) >= 11 is 0. The number of piperidine rings is 1. The molecule has 2 unspecified atom stereocenters. The molecule has 1 fully saturated rings. The molecular weight excluding hydrogens is 257 g/mol. The molecule has 0 radical (unpaired) electrons. The average molecular weight is 282 g/mol. The van der Waals surface area contributed by atoms with Gasteiger partial charge in [0.15, 0.2) is 0 Å². The average Bonchev–Trinajstić information content (AvgIpc) is 2.27. The lowest BCUT2D eigenvalue weighted by atomic mass is 9.97. The number of likely N-dealkylation sites (tertiary alicyclic amines) is 1. The molecule has 2 atom stereocenters. The van der Waals surface area contributed by atoms with E-state index >= 15 is 0 Å². The molecule has 0 spiro atoms. The van der Waals surface area contributed by atoms with E-state index in [2.05, 4.69) is 19.2 Å². The fourth-order valence-electron chi connectivity index (χ4n) is 2.39. The second-order valence-electron chi connectivity index (χ2n) is 5.85. The van der Waals surface area contributed by atoms with Gasteiger partial charge in [-0.25, -0.2) is 0 Å². The quantitative estimate of drug-likeness (QED) is 0.780. The van der Waals surface area contributed by atoms with Crippen molar-refractivity contribution in [3.8, 4) is 0 Å². The minimum Gasteiger partial charge on any atom is -0.390 e. The molecule has 0 saturated carbocycles. The molecule has 19 heavy (non-hydrogen) atoms. The summed E-state index contributed by atoms with van der Waals surface area (Å²) in [6.45, 7) is 6.36. The van der Waals surface area contributed by atoms with Crippen LogP contribution in [-0.4, -0.2) is 55.0 Å². The van der Waals surface area contributed by atoms with Crippen LogP contribution in [0.15, 0.2) is 0 Å². The molecule has 0 aliphatic carbocycles. The third-order valence-corrected chi connectivity index (χ3v) is 3.37. The molecule has 1 saturated heterocycles. The van der Waals surface area contributed by atoms with Crippen molar-refractivity contribution in [3.05, 3.63) is 0 Å². The number of nitrogens with zero attached hydrogens (tertiary/aromatic N) is 1. The molecule has 0 bridgehead atoms. The molecule has 114 valence electrons. The number of alkyl halides is 3. The molecule has 2 N–H and O–H groups in total. The maximum atomic E-state index is 12.6. The predicted octanol–water partition coefficient (Wildman–Crippen LogP) is 1.87. The Morgan fingerprint density at radius 3 is 2.58 bits per heavy atom. The van der Waals surface area contributed by atoms with Crippen LogP contribution in [0.2, 0.25) is 0 Å². The fourth-order valence-corrected chi connectivity index (χ4v) is 2.39. The van der Waals surface area contributed by atoms with Crippen LogP contribution in [0, 0.1) is 11.8 Å². The normalized spacial score (nSPS) is 23.8. The lowest BCUT2D eigenvalue weighted by Gasteiger charge is -2.34. The first-order valence-corrected chi connectivity index (χ1v) is 6.97.